The van der Waals surface area contributed by atoms with Gasteiger partial charge in [0.25, 0.3) is 0 Å². The largest absolute Gasteiger partial charge is 0.343 e. The SMILES string of the molecule is CS(=O)(=O)N(CCC(=O)N1CCCC1)CCc1ccccc1. The molecule has 6 heteroatoms. The summed E-state index contributed by atoms with van der Waals surface area (Å²) in [6.07, 6.45) is 4.23. The average molecular weight is 324 g/mol. The summed E-state index contributed by atoms with van der Waals surface area (Å²) < 4.78 is 25.2. The maximum atomic E-state index is 12.1. The summed E-state index contributed by atoms with van der Waals surface area (Å²) in [6, 6.07) is 9.78. The summed E-state index contributed by atoms with van der Waals surface area (Å²) in [5.41, 5.74) is 1.10. The highest BCUT2D eigenvalue weighted by Gasteiger charge is 2.21. The standard InChI is InChI=1S/C16H24N2O3S/c1-22(20,21)18(13-9-15-7-3-2-4-8-15)14-10-16(19)17-11-5-6-12-17/h2-4,7-8H,5-6,9-14H2,1H3. The van der Waals surface area contributed by atoms with E-state index in [4.69, 9.17) is 0 Å². The lowest BCUT2D eigenvalue weighted by molar-refractivity contribution is -0.130. The molecular weight excluding hydrogens is 300 g/mol. The van der Waals surface area contributed by atoms with Crippen molar-refractivity contribution in [1.29, 1.82) is 0 Å². The number of carbonyl (C=O) groups is 1. The number of carbonyl (C=O) groups excluding carboxylic acids is 1. The summed E-state index contributed by atoms with van der Waals surface area (Å²) in [4.78, 5) is 13.9. The van der Waals surface area contributed by atoms with Crippen molar-refractivity contribution in [3.63, 3.8) is 0 Å². The van der Waals surface area contributed by atoms with Crippen molar-refractivity contribution in [1.82, 2.24) is 9.21 Å². The van der Waals surface area contributed by atoms with Crippen LogP contribution in [0.15, 0.2) is 30.3 Å². The number of hydrogen-bond donors (Lipinski definition) is 0. The van der Waals surface area contributed by atoms with Crippen molar-refractivity contribution in [2.75, 3.05) is 32.4 Å². The van der Waals surface area contributed by atoms with Crippen molar-refractivity contribution in [3.8, 4) is 0 Å². The van der Waals surface area contributed by atoms with Gasteiger partial charge in [-0.3, -0.25) is 4.79 Å². The van der Waals surface area contributed by atoms with E-state index < -0.39 is 10.0 Å². The van der Waals surface area contributed by atoms with Gasteiger partial charge in [0.05, 0.1) is 6.26 Å². The molecule has 0 bridgehead atoms. The Morgan fingerprint density at radius 3 is 2.36 bits per heavy atom. The first kappa shape index (κ1) is 17.0. The molecule has 1 saturated heterocycles. The van der Waals surface area contributed by atoms with E-state index >= 15 is 0 Å². The minimum Gasteiger partial charge on any atom is -0.343 e. The number of rotatable bonds is 7. The second-order valence-electron chi connectivity index (χ2n) is 5.74. The third-order valence-corrected chi connectivity index (χ3v) is 5.30. The van der Waals surface area contributed by atoms with Crippen molar-refractivity contribution in [2.24, 2.45) is 0 Å². The van der Waals surface area contributed by atoms with Crippen LogP contribution in [0.1, 0.15) is 24.8 Å². The molecule has 0 radical (unpaired) electrons. The smallest absolute Gasteiger partial charge is 0.223 e. The van der Waals surface area contributed by atoms with E-state index in [1.54, 1.807) is 0 Å². The molecule has 0 aliphatic carbocycles. The van der Waals surface area contributed by atoms with Crippen LogP contribution in [0.25, 0.3) is 0 Å². The number of hydrogen-bond acceptors (Lipinski definition) is 3. The molecule has 2 rings (SSSR count). The Balaban J connectivity index is 1.88. The van der Waals surface area contributed by atoms with Gasteiger partial charge in [0.1, 0.15) is 0 Å². The first-order valence-electron chi connectivity index (χ1n) is 7.73. The Labute approximate surface area is 133 Å². The van der Waals surface area contributed by atoms with Gasteiger partial charge in [-0.05, 0) is 24.8 Å². The van der Waals surface area contributed by atoms with Crippen LogP contribution in [0.5, 0.6) is 0 Å². The Morgan fingerprint density at radius 1 is 1.14 bits per heavy atom. The van der Waals surface area contributed by atoms with Crippen LogP contribution in [0.2, 0.25) is 0 Å². The molecule has 1 heterocycles. The third-order valence-electron chi connectivity index (χ3n) is 4.00. The molecule has 1 aromatic rings. The predicted molar refractivity (Wildman–Crippen MR) is 87.0 cm³/mol. The average Bonchev–Trinajstić information content (AvgIpc) is 3.01. The maximum absolute atomic E-state index is 12.1. The summed E-state index contributed by atoms with van der Waals surface area (Å²) in [7, 11) is -3.29. The monoisotopic (exact) mass is 324 g/mol. The van der Waals surface area contributed by atoms with Gasteiger partial charge in [0.15, 0.2) is 0 Å². The Morgan fingerprint density at radius 2 is 1.77 bits per heavy atom. The first-order valence-corrected chi connectivity index (χ1v) is 9.58. The summed E-state index contributed by atoms with van der Waals surface area (Å²) in [5, 5.41) is 0. The zero-order valence-electron chi connectivity index (χ0n) is 13.1. The van der Waals surface area contributed by atoms with E-state index in [-0.39, 0.29) is 18.9 Å². The molecule has 1 aliphatic rings. The highest BCUT2D eigenvalue weighted by Crippen LogP contribution is 2.11. The fourth-order valence-electron chi connectivity index (χ4n) is 2.69. The fraction of sp³-hybridized carbons (Fsp3) is 0.562. The minimum absolute atomic E-state index is 0.0610. The van der Waals surface area contributed by atoms with E-state index in [1.165, 1.54) is 10.6 Å². The number of likely N-dealkylation sites (tertiary alicyclic amines) is 1. The molecule has 0 unspecified atom stereocenters. The van der Waals surface area contributed by atoms with Gasteiger partial charge in [-0.15, -0.1) is 0 Å². The lowest BCUT2D eigenvalue weighted by Gasteiger charge is -2.21. The van der Waals surface area contributed by atoms with Gasteiger partial charge in [0, 0.05) is 32.6 Å². The lowest BCUT2D eigenvalue weighted by atomic mass is 10.1. The van der Waals surface area contributed by atoms with E-state index in [2.05, 4.69) is 0 Å². The molecule has 1 amide bonds. The molecule has 5 nitrogen and oxygen atoms in total. The first-order chi connectivity index (χ1) is 10.5. The predicted octanol–water partition coefficient (Wildman–Crippen LogP) is 1.50. The number of sulfonamides is 1. The molecule has 0 N–H and O–H groups in total. The topological polar surface area (TPSA) is 57.7 Å². The minimum atomic E-state index is -3.29. The van der Waals surface area contributed by atoms with Crippen LogP contribution in [0.4, 0.5) is 0 Å². The maximum Gasteiger partial charge on any atom is 0.223 e. The fourth-order valence-corrected chi connectivity index (χ4v) is 3.53. The van der Waals surface area contributed by atoms with Gasteiger partial charge in [-0.1, -0.05) is 30.3 Å². The molecule has 1 aliphatic heterocycles. The normalized spacial score (nSPS) is 15.5. The van der Waals surface area contributed by atoms with E-state index in [9.17, 15) is 13.2 Å². The van der Waals surface area contributed by atoms with Gasteiger partial charge in [-0.2, -0.15) is 0 Å². The van der Waals surface area contributed by atoms with Crippen LogP contribution in [-0.2, 0) is 21.2 Å². The van der Waals surface area contributed by atoms with Gasteiger partial charge < -0.3 is 4.90 Å². The van der Waals surface area contributed by atoms with Gasteiger partial charge in [-0.25, -0.2) is 12.7 Å². The quantitative estimate of drug-likeness (QED) is 0.764. The molecular formula is C16H24N2O3S. The van der Waals surface area contributed by atoms with Crippen molar-refractivity contribution in [2.45, 2.75) is 25.7 Å². The summed E-state index contributed by atoms with van der Waals surface area (Å²) in [5.74, 6) is 0.0610. The van der Waals surface area contributed by atoms with Crippen LogP contribution in [0.3, 0.4) is 0 Å². The Kier molecular flexibility index (Phi) is 5.97. The van der Waals surface area contributed by atoms with Gasteiger partial charge in [0.2, 0.25) is 15.9 Å². The zero-order valence-corrected chi connectivity index (χ0v) is 13.9. The molecule has 0 atom stereocenters. The highest BCUT2D eigenvalue weighted by atomic mass is 32.2. The van der Waals surface area contributed by atoms with Crippen molar-refractivity contribution >= 4 is 15.9 Å². The summed E-state index contributed by atoms with van der Waals surface area (Å²) in [6.45, 7) is 2.29. The molecule has 0 aromatic heterocycles. The van der Waals surface area contributed by atoms with Crippen LogP contribution in [-0.4, -0.2) is 56.0 Å². The number of benzene rings is 1. The summed E-state index contributed by atoms with van der Waals surface area (Å²) >= 11 is 0. The number of nitrogens with zero attached hydrogens (tertiary/aromatic N) is 2. The Hall–Kier alpha value is -1.40. The van der Waals surface area contributed by atoms with Crippen molar-refractivity contribution < 1.29 is 13.2 Å². The van der Waals surface area contributed by atoms with E-state index in [0.29, 0.717) is 13.0 Å². The molecule has 122 valence electrons. The van der Waals surface area contributed by atoms with Crippen LogP contribution < -0.4 is 0 Å². The second-order valence-corrected chi connectivity index (χ2v) is 7.72. The van der Waals surface area contributed by atoms with Crippen molar-refractivity contribution in [3.05, 3.63) is 35.9 Å². The molecule has 22 heavy (non-hydrogen) atoms. The zero-order chi connectivity index (χ0) is 16.0. The van der Waals surface area contributed by atoms with E-state index in [1.807, 2.05) is 35.2 Å². The highest BCUT2D eigenvalue weighted by molar-refractivity contribution is 7.88. The van der Waals surface area contributed by atoms with Gasteiger partial charge >= 0.3 is 0 Å². The molecule has 0 spiro atoms. The lowest BCUT2D eigenvalue weighted by Crippen LogP contribution is -2.36. The molecule has 1 aromatic carbocycles. The van der Waals surface area contributed by atoms with Crippen LogP contribution >= 0.6 is 0 Å². The Bertz CT molecular complexity index is 581. The molecule has 0 saturated carbocycles. The molecule has 1 fully saturated rings. The number of amides is 1. The van der Waals surface area contributed by atoms with E-state index in [0.717, 1.165) is 31.5 Å². The second kappa shape index (κ2) is 7.74. The van der Waals surface area contributed by atoms with Crippen LogP contribution in [0, 0.1) is 0 Å². The third kappa shape index (κ3) is 5.10.